The van der Waals surface area contributed by atoms with Crippen molar-refractivity contribution in [3.05, 3.63) is 75.3 Å². The van der Waals surface area contributed by atoms with E-state index in [0.717, 1.165) is 0 Å². The second-order valence-corrected chi connectivity index (χ2v) is 6.46. The van der Waals surface area contributed by atoms with E-state index < -0.39 is 10.9 Å². The van der Waals surface area contributed by atoms with Crippen LogP contribution in [-0.2, 0) is 14.3 Å². The van der Waals surface area contributed by atoms with Gasteiger partial charge in [-0.1, -0.05) is 12.1 Å². The molecule has 1 heterocycles. The Labute approximate surface area is 178 Å². The predicted octanol–water partition coefficient (Wildman–Crippen LogP) is 3.66. The Balaban J connectivity index is 2.28. The molecule has 162 valence electrons. The van der Waals surface area contributed by atoms with Crippen molar-refractivity contribution in [3.8, 4) is 17.2 Å². The number of hydrogen-bond donors (Lipinski definition) is 0. The van der Waals surface area contributed by atoms with Gasteiger partial charge in [0.25, 0.3) is 5.70 Å². The van der Waals surface area contributed by atoms with Crippen LogP contribution < -0.4 is 14.2 Å². The zero-order chi connectivity index (χ0) is 22.5. The van der Waals surface area contributed by atoms with Crippen LogP contribution in [0.2, 0.25) is 0 Å². The van der Waals surface area contributed by atoms with Crippen LogP contribution in [0.5, 0.6) is 17.2 Å². The molecule has 0 amide bonds. The van der Waals surface area contributed by atoms with E-state index in [1.165, 1.54) is 28.3 Å². The smallest absolute Gasteiger partial charge is 0.310 e. The zero-order valence-corrected chi connectivity index (χ0v) is 17.5. The lowest BCUT2D eigenvalue weighted by atomic mass is 9.94. The number of carbonyl (C=O) groups is 1. The number of carbonyl (C=O) groups excluding carboxylic acids is 1. The molecule has 0 unspecified atom stereocenters. The number of ether oxygens (including phenoxy) is 5. The summed E-state index contributed by atoms with van der Waals surface area (Å²) in [5.74, 6) is 0.605. The van der Waals surface area contributed by atoms with Crippen LogP contribution in [0, 0.1) is 10.1 Å². The third-order valence-corrected chi connectivity index (χ3v) is 4.57. The molecule has 0 aliphatic carbocycles. The van der Waals surface area contributed by atoms with Gasteiger partial charge in [-0.3, -0.25) is 14.9 Å². The first-order valence-corrected chi connectivity index (χ1v) is 9.19. The van der Waals surface area contributed by atoms with Gasteiger partial charge in [-0.2, -0.15) is 0 Å². The van der Waals surface area contributed by atoms with Crippen LogP contribution in [0.1, 0.15) is 18.1 Å². The van der Waals surface area contributed by atoms with Gasteiger partial charge in [0.15, 0.2) is 0 Å². The second kappa shape index (κ2) is 9.21. The molecule has 3 rings (SSSR count). The fourth-order valence-corrected chi connectivity index (χ4v) is 3.15. The minimum atomic E-state index is -0.657. The molecule has 31 heavy (non-hydrogen) atoms. The summed E-state index contributed by atoms with van der Waals surface area (Å²) >= 11 is 0. The maximum Gasteiger partial charge on any atom is 0.310 e. The van der Waals surface area contributed by atoms with E-state index in [1.54, 1.807) is 42.5 Å². The maximum absolute atomic E-state index is 12.2. The average molecular weight is 427 g/mol. The van der Waals surface area contributed by atoms with Crippen LogP contribution in [0.15, 0.2) is 54.1 Å². The van der Waals surface area contributed by atoms with E-state index in [2.05, 4.69) is 0 Å². The number of nitro groups is 1. The molecular formula is C22H21NO8. The molecule has 9 nitrogen and oxygen atoms in total. The molecular weight excluding hydrogens is 406 g/mol. The highest BCUT2D eigenvalue weighted by atomic mass is 16.7. The third kappa shape index (κ3) is 4.61. The molecule has 0 atom stereocenters. The number of esters is 1. The van der Waals surface area contributed by atoms with Crippen molar-refractivity contribution in [1.82, 2.24) is 0 Å². The number of rotatable bonds is 7. The highest BCUT2D eigenvalue weighted by Crippen LogP contribution is 2.40. The van der Waals surface area contributed by atoms with Gasteiger partial charge in [0.2, 0.25) is 0 Å². The quantitative estimate of drug-likeness (QED) is 0.374. The Morgan fingerprint density at radius 2 is 1.52 bits per heavy atom. The molecule has 9 heteroatoms. The van der Waals surface area contributed by atoms with Gasteiger partial charge in [-0.15, -0.1) is 0 Å². The van der Waals surface area contributed by atoms with E-state index in [9.17, 15) is 14.9 Å². The molecule has 2 aromatic rings. The van der Waals surface area contributed by atoms with E-state index >= 15 is 0 Å². The highest BCUT2D eigenvalue weighted by molar-refractivity contribution is 5.90. The Hall–Kier alpha value is -4.01. The number of methoxy groups -OCH3 is 3. The Kier molecular flexibility index (Phi) is 6.44. The molecule has 0 saturated heterocycles. The summed E-state index contributed by atoms with van der Waals surface area (Å²) in [5, 5.41) is 12.2. The Morgan fingerprint density at radius 3 is 2.00 bits per heavy atom. The molecule has 1 aliphatic heterocycles. The van der Waals surface area contributed by atoms with E-state index in [-0.39, 0.29) is 29.4 Å². The van der Waals surface area contributed by atoms with E-state index in [4.69, 9.17) is 23.7 Å². The van der Waals surface area contributed by atoms with Gasteiger partial charge in [-0.05, 0) is 35.4 Å². The molecule has 0 spiro atoms. The van der Waals surface area contributed by atoms with Crippen LogP contribution in [-0.4, -0.2) is 38.8 Å². The van der Waals surface area contributed by atoms with Gasteiger partial charge in [-0.25, -0.2) is 0 Å². The summed E-state index contributed by atoms with van der Waals surface area (Å²) in [6, 6.07) is 11.5. The molecule has 0 fully saturated rings. The minimum Gasteiger partial charge on any atom is -0.497 e. The number of allylic oxidation sites excluding steroid dienone is 1. The summed E-state index contributed by atoms with van der Waals surface area (Å²) in [6.45, 7) is 1.01. The number of hydrogen-bond acceptors (Lipinski definition) is 8. The molecule has 0 bridgehead atoms. The largest absolute Gasteiger partial charge is 0.497 e. The van der Waals surface area contributed by atoms with Crippen LogP contribution in [0.3, 0.4) is 0 Å². The van der Waals surface area contributed by atoms with Crippen molar-refractivity contribution in [2.75, 3.05) is 27.9 Å². The molecule has 2 aromatic carbocycles. The van der Waals surface area contributed by atoms with Crippen molar-refractivity contribution in [1.29, 1.82) is 0 Å². The number of nitrogens with zero attached hydrogens (tertiary/aromatic N) is 1. The first kappa shape index (κ1) is 21.7. The highest BCUT2D eigenvalue weighted by Gasteiger charge is 2.36. The lowest BCUT2D eigenvalue weighted by Gasteiger charge is -2.22. The first-order chi connectivity index (χ1) is 14.9. The van der Waals surface area contributed by atoms with Gasteiger partial charge >= 0.3 is 11.9 Å². The standard InChI is InChI=1S/C22H21NO8/c1-13(24)31-22-20(14-5-7-16(27-2)8-6-14)21(23(25)26)19(12-30-22)15-9-17(28-3)11-18(10-15)29-4/h5-11H,12H2,1-4H3. The second-order valence-electron chi connectivity index (χ2n) is 6.46. The minimum absolute atomic E-state index is 0.0471. The summed E-state index contributed by atoms with van der Waals surface area (Å²) in [7, 11) is 4.49. The SMILES string of the molecule is COc1ccc(C2=C(OC(C)=O)OCC(c3cc(OC)cc(OC)c3)=C2[N+](=O)[O-])cc1. The fraction of sp³-hybridized carbons (Fsp3) is 0.227. The van der Waals surface area contributed by atoms with Crippen molar-refractivity contribution in [3.63, 3.8) is 0 Å². The average Bonchev–Trinajstić information content (AvgIpc) is 2.77. The van der Waals surface area contributed by atoms with Gasteiger partial charge < -0.3 is 23.7 Å². The van der Waals surface area contributed by atoms with E-state index in [0.29, 0.717) is 28.4 Å². The maximum atomic E-state index is 12.2. The molecule has 0 N–H and O–H groups in total. The summed E-state index contributed by atoms with van der Waals surface area (Å²) in [4.78, 5) is 23.3. The van der Waals surface area contributed by atoms with Crippen molar-refractivity contribution in [2.24, 2.45) is 0 Å². The van der Waals surface area contributed by atoms with E-state index in [1.807, 2.05) is 0 Å². The predicted molar refractivity (Wildman–Crippen MR) is 111 cm³/mol. The lowest BCUT2D eigenvalue weighted by molar-refractivity contribution is -0.416. The van der Waals surface area contributed by atoms with Gasteiger partial charge in [0, 0.05) is 13.0 Å². The monoisotopic (exact) mass is 427 g/mol. The number of benzene rings is 2. The third-order valence-electron chi connectivity index (χ3n) is 4.57. The van der Waals surface area contributed by atoms with Crippen molar-refractivity contribution in [2.45, 2.75) is 6.92 Å². The molecule has 0 radical (unpaired) electrons. The van der Waals surface area contributed by atoms with Gasteiger partial charge in [0.1, 0.15) is 29.4 Å². The van der Waals surface area contributed by atoms with Crippen LogP contribution >= 0.6 is 0 Å². The van der Waals surface area contributed by atoms with Gasteiger partial charge in [0.05, 0.1) is 31.8 Å². The molecule has 0 saturated carbocycles. The van der Waals surface area contributed by atoms with Crippen molar-refractivity contribution < 1.29 is 33.4 Å². The lowest BCUT2D eigenvalue weighted by Crippen LogP contribution is -2.19. The topological polar surface area (TPSA) is 106 Å². The zero-order valence-electron chi connectivity index (χ0n) is 17.5. The molecule has 0 aromatic heterocycles. The summed E-state index contributed by atoms with van der Waals surface area (Å²) in [6.07, 6.45) is 0. The molecule has 1 aliphatic rings. The Morgan fingerprint density at radius 1 is 0.935 bits per heavy atom. The fourth-order valence-electron chi connectivity index (χ4n) is 3.15. The first-order valence-electron chi connectivity index (χ1n) is 9.19. The normalized spacial score (nSPS) is 13.4. The summed E-state index contributed by atoms with van der Waals surface area (Å²) < 4.78 is 26.6. The van der Waals surface area contributed by atoms with Crippen LogP contribution in [0.25, 0.3) is 11.1 Å². The van der Waals surface area contributed by atoms with Crippen LogP contribution in [0.4, 0.5) is 0 Å². The summed E-state index contributed by atoms with van der Waals surface area (Å²) in [5.41, 5.74) is 0.990. The Bertz CT molecular complexity index is 1050. The van der Waals surface area contributed by atoms with Crippen molar-refractivity contribution >= 4 is 17.1 Å².